The minimum Gasteiger partial charge on any atom is -0.436 e. The van der Waals surface area contributed by atoms with E-state index < -0.39 is 5.60 Å². The molecule has 6 rings (SSSR count). The predicted octanol–water partition coefficient (Wildman–Crippen LogP) is 4.62. The van der Waals surface area contributed by atoms with E-state index in [1.807, 2.05) is 36.5 Å². The molecule has 2 bridgehead atoms. The van der Waals surface area contributed by atoms with Gasteiger partial charge in [-0.25, -0.2) is 4.98 Å². The standard InChI is InChI=1S/C24H33N2O2/c27-24(20-7-3-1-4-8-20,21-9-5-2-6-10-21)23-25-17-22(28-23)18-26-14-11-19(12-15-26)13-16-26/h1,3-4,7-8,17,19,21,27H,2,5-6,9-16,18H2/q+1/t19?,24-,26?/m1/s1. The van der Waals surface area contributed by atoms with E-state index in [0.717, 1.165) is 41.1 Å². The quantitative estimate of drug-likeness (QED) is 0.769. The first-order chi connectivity index (χ1) is 13.7. The maximum atomic E-state index is 12.0. The molecule has 1 saturated carbocycles. The number of nitrogens with zero attached hydrogens (tertiary/aromatic N) is 2. The van der Waals surface area contributed by atoms with Gasteiger partial charge in [-0.2, -0.15) is 0 Å². The Balaban J connectivity index is 1.45. The van der Waals surface area contributed by atoms with E-state index in [1.54, 1.807) is 0 Å². The largest absolute Gasteiger partial charge is 0.436 e. The van der Waals surface area contributed by atoms with Crippen LogP contribution in [0.15, 0.2) is 40.9 Å². The van der Waals surface area contributed by atoms with Crippen LogP contribution >= 0.6 is 0 Å². The SMILES string of the molecule is O[C@@](c1ccccc1)(c1ncc(C[N+]23CCC(CC2)CC3)o1)C1CCCCC1. The van der Waals surface area contributed by atoms with Crippen molar-refractivity contribution in [2.24, 2.45) is 11.8 Å². The van der Waals surface area contributed by atoms with Crippen LogP contribution in [0.1, 0.15) is 68.6 Å². The molecule has 0 amide bonds. The molecule has 4 aliphatic rings. The summed E-state index contributed by atoms with van der Waals surface area (Å²) in [5.74, 6) is 2.58. The van der Waals surface area contributed by atoms with Crippen LogP contribution in [0.5, 0.6) is 0 Å². The minimum absolute atomic E-state index is 0.174. The average Bonchev–Trinajstić information content (AvgIpc) is 3.24. The van der Waals surface area contributed by atoms with E-state index in [-0.39, 0.29) is 5.92 Å². The molecule has 1 aromatic carbocycles. The highest BCUT2D eigenvalue weighted by Gasteiger charge is 2.45. The van der Waals surface area contributed by atoms with E-state index in [4.69, 9.17) is 4.42 Å². The Labute approximate surface area is 168 Å². The van der Waals surface area contributed by atoms with Crippen molar-refractivity contribution < 1.29 is 14.0 Å². The Hall–Kier alpha value is -1.65. The van der Waals surface area contributed by atoms with Gasteiger partial charge in [0.2, 0.25) is 5.89 Å². The lowest BCUT2D eigenvalue weighted by atomic mass is 9.73. The van der Waals surface area contributed by atoms with Gasteiger partial charge in [-0.1, -0.05) is 49.6 Å². The Bertz CT molecular complexity index is 774. The molecule has 150 valence electrons. The van der Waals surface area contributed by atoms with E-state index in [1.165, 1.54) is 58.2 Å². The highest BCUT2D eigenvalue weighted by Crippen LogP contribution is 2.44. The first kappa shape index (κ1) is 18.4. The van der Waals surface area contributed by atoms with Crippen molar-refractivity contribution in [3.8, 4) is 0 Å². The lowest BCUT2D eigenvalue weighted by molar-refractivity contribution is -0.955. The molecule has 0 unspecified atom stereocenters. The summed E-state index contributed by atoms with van der Waals surface area (Å²) in [5.41, 5.74) is -0.199. The number of fused-ring (bicyclic) bond motifs is 3. The zero-order valence-electron chi connectivity index (χ0n) is 16.9. The van der Waals surface area contributed by atoms with Crippen molar-refractivity contribution in [1.82, 2.24) is 4.98 Å². The van der Waals surface area contributed by atoms with Crippen LogP contribution < -0.4 is 0 Å². The van der Waals surface area contributed by atoms with Crippen LogP contribution in [0.2, 0.25) is 0 Å². The van der Waals surface area contributed by atoms with Gasteiger partial charge >= 0.3 is 0 Å². The van der Waals surface area contributed by atoms with Crippen LogP contribution in [0.25, 0.3) is 0 Å². The summed E-state index contributed by atoms with van der Waals surface area (Å²) in [6, 6.07) is 10.1. The number of hydrogen-bond donors (Lipinski definition) is 1. The van der Waals surface area contributed by atoms with Crippen molar-refractivity contribution in [1.29, 1.82) is 0 Å². The van der Waals surface area contributed by atoms with E-state index in [2.05, 4.69) is 4.98 Å². The van der Waals surface area contributed by atoms with Gasteiger partial charge in [-0.15, -0.1) is 0 Å². The number of piperidine rings is 3. The van der Waals surface area contributed by atoms with Crippen LogP contribution in [0.4, 0.5) is 0 Å². The van der Waals surface area contributed by atoms with Crippen LogP contribution in [-0.4, -0.2) is 34.2 Å². The van der Waals surface area contributed by atoms with Crippen molar-refractivity contribution in [2.75, 3.05) is 19.6 Å². The van der Waals surface area contributed by atoms with Crippen LogP contribution in [0, 0.1) is 11.8 Å². The van der Waals surface area contributed by atoms with Crippen LogP contribution in [0.3, 0.4) is 0 Å². The normalized spacial score (nSPS) is 30.2. The molecule has 2 aromatic rings. The molecule has 3 saturated heterocycles. The van der Waals surface area contributed by atoms with Crippen molar-refractivity contribution in [2.45, 2.75) is 63.5 Å². The van der Waals surface area contributed by atoms with Gasteiger partial charge in [0, 0.05) is 5.92 Å². The summed E-state index contributed by atoms with van der Waals surface area (Å²) >= 11 is 0. The lowest BCUT2D eigenvalue weighted by Crippen LogP contribution is -2.57. The second-order valence-corrected chi connectivity index (χ2v) is 9.50. The summed E-state index contributed by atoms with van der Waals surface area (Å²) < 4.78 is 7.48. The van der Waals surface area contributed by atoms with Gasteiger partial charge in [0.1, 0.15) is 6.54 Å². The molecule has 1 aliphatic carbocycles. The first-order valence-electron chi connectivity index (χ1n) is 11.3. The summed E-state index contributed by atoms with van der Waals surface area (Å²) in [7, 11) is 0. The molecule has 4 heteroatoms. The van der Waals surface area contributed by atoms with E-state index in [0.29, 0.717) is 5.89 Å². The smallest absolute Gasteiger partial charge is 0.231 e. The molecular formula is C24H33N2O2+. The summed E-state index contributed by atoms with van der Waals surface area (Å²) in [5, 5.41) is 12.0. The minimum atomic E-state index is -1.12. The third kappa shape index (κ3) is 3.21. The zero-order chi connectivity index (χ0) is 19.0. The molecule has 28 heavy (non-hydrogen) atoms. The lowest BCUT2D eigenvalue weighted by Gasteiger charge is -2.48. The maximum Gasteiger partial charge on any atom is 0.231 e. The molecule has 1 N–H and O–H groups in total. The van der Waals surface area contributed by atoms with Gasteiger partial charge in [0.05, 0.1) is 25.8 Å². The molecule has 3 aliphatic heterocycles. The van der Waals surface area contributed by atoms with Gasteiger partial charge < -0.3 is 14.0 Å². The number of benzene rings is 1. The number of quaternary nitrogens is 1. The first-order valence-corrected chi connectivity index (χ1v) is 11.3. The number of aromatic nitrogens is 1. The number of hydrogen-bond acceptors (Lipinski definition) is 3. The van der Waals surface area contributed by atoms with Crippen molar-refractivity contribution >= 4 is 0 Å². The Morgan fingerprint density at radius 3 is 2.32 bits per heavy atom. The van der Waals surface area contributed by atoms with Crippen molar-refractivity contribution in [3.63, 3.8) is 0 Å². The van der Waals surface area contributed by atoms with Gasteiger partial charge in [0.15, 0.2) is 11.4 Å². The molecule has 4 fully saturated rings. The van der Waals surface area contributed by atoms with Crippen molar-refractivity contribution in [3.05, 3.63) is 53.7 Å². The Morgan fingerprint density at radius 2 is 1.64 bits per heavy atom. The monoisotopic (exact) mass is 381 g/mol. The maximum absolute atomic E-state index is 12.0. The van der Waals surface area contributed by atoms with E-state index in [9.17, 15) is 5.11 Å². The fourth-order valence-electron chi connectivity index (χ4n) is 6.01. The number of aliphatic hydroxyl groups is 1. The molecular weight excluding hydrogens is 348 g/mol. The van der Waals surface area contributed by atoms with Gasteiger partial charge in [0.25, 0.3) is 0 Å². The number of oxazole rings is 1. The predicted molar refractivity (Wildman–Crippen MR) is 108 cm³/mol. The number of rotatable bonds is 5. The van der Waals surface area contributed by atoms with E-state index >= 15 is 0 Å². The summed E-state index contributed by atoms with van der Waals surface area (Å²) in [6.07, 6.45) is 11.6. The molecule has 1 aromatic heterocycles. The topological polar surface area (TPSA) is 46.3 Å². The van der Waals surface area contributed by atoms with Crippen LogP contribution in [-0.2, 0) is 12.1 Å². The molecule has 1 atom stereocenters. The molecule has 4 nitrogen and oxygen atoms in total. The average molecular weight is 382 g/mol. The molecule has 0 spiro atoms. The second-order valence-electron chi connectivity index (χ2n) is 9.50. The Morgan fingerprint density at radius 1 is 0.964 bits per heavy atom. The van der Waals surface area contributed by atoms with Gasteiger partial charge in [-0.05, 0) is 43.6 Å². The summed E-state index contributed by atoms with van der Waals surface area (Å²) in [4.78, 5) is 4.66. The highest BCUT2D eigenvalue weighted by molar-refractivity contribution is 5.30. The second kappa shape index (κ2) is 7.31. The zero-order valence-corrected chi connectivity index (χ0v) is 16.9. The fourth-order valence-corrected chi connectivity index (χ4v) is 6.01. The van der Waals surface area contributed by atoms with Gasteiger partial charge in [-0.3, -0.25) is 0 Å². The highest BCUT2D eigenvalue weighted by atomic mass is 16.4. The third-order valence-corrected chi connectivity index (χ3v) is 7.82. The Kier molecular flexibility index (Phi) is 4.80. The fraction of sp³-hybridized carbons (Fsp3) is 0.625. The molecule has 0 radical (unpaired) electrons. The molecule has 4 heterocycles. The third-order valence-electron chi connectivity index (χ3n) is 7.82. The summed E-state index contributed by atoms with van der Waals surface area (Å²) in [6.45, 7) is 4.74.